The highest BCUT2D eigenvalue weighted by molar-refractivity contribution is 9.10. The van der Waals surface area contributed by atoms with Crippen LogP contribution >= 0.6 is 15.9 Å². The van der Waals surface area contributed by atoms with E-state index in [0.717, 1.165) is 15.6 Å². The van der Waals surface area contributed by atoms with Crippen LogP contribution in [-0.4, -0.2) is 12.0 Å². The molecule has 0 amide bonds. The normalized spacial score (nSPS) is 10.4. The molecule has 0 aliphatic heterocycles. The van der Waals surface area contributed by atoms with E-state index in [2.05, 4.69) is 15.9 Å². The highest BCUT2D eigenvalue weighted by Crippen LogP contribution is 2.20. The zero-order valence-electron chi connectivity index (χ0n) is 8.60. The van der Waals surface area contributed by atoms with Crippen LogP contribution in [-0.2, 0) is 4.74 Å². The van der Waals surface area contributed by atoms with Crippen molar-refractivity contribution in [3.05, 3.63) is 33.8 Å². The summed E-state index contributed by atoms with van der Waals surface area (Å²) in [6.45, 7) is 5.81. The van der Waals surface area contributed by atoms with Crippen molar-refractivity contribution in [2.75, 3.05) is 0 Å². The monoisotopic (exact) mass is 255 g/mol. The number of benzene rings is 1. The van der Waals surface area contributed by atoms with Crippen molar-refractivity contribution in [1.29, 1.82) is 5.41 Å². The molecule has 0 saturated heterocycles. The van der Waals surface area contributed by atoms with E-state index in [9.17, 15) is 0 Å². The van der Waals surface area contributed by atoms with Gasteiger partial charge in [0.1, 0.15) is 0 Å². The van der Waals surface area contributed by atoms with Gasteiger partial charge in [0, 0.05) is 10.0 Å². The van der Waals surface area contributed by atoms with Gasteiger partial charge in [-0.15, -0.1) is 0 Å². The lowest BCUT2D eigenvalue weighted by Gasteiger charge is -2.13. The quantitative estimate of drug-likeness (QED) is 0.637. The summed E-state index contributed by atoms with van der Waals surface area (Å²) in [5.74, 6) is 0.235. The van der Waals surface area contributed by atoms with Crippen molar-refractivity contribution in [3.8, 4) is 0 Å². The van der Waals surface area contributed by atoms with Crippen molar-refractivity contribution >= 4 is 21.8 Å². The van der Waals surface area contributed by atoms with E-state index < -0.39 is 0 Å². The summed E-state index contributed by atoms with van der Waals surface area (Å²) in [6, 6.07) is 5.76. The fourth-order valence-electron chi connectivity index (χ4n) is 1.15. The van der Waals surface area contributed by atoms with Crippen LogP contribution in [0, 0.1) is 12.3 Å². The van der Waals surface area contributed by atoms with E-state index >= 15 is 0 Å². The Hall–Kier alpha value is -0.830. The lowest BCUT2D eigenvalue weighted by Crippen LogP contribution is -2.12. The van der Waals surface area contributed by atoms with Gasteiger partial charge in [-0.3, -0.25) is 5.41 Å². The lowest BCUT2D eigenvalue weighted by atomic mass is 10.1. The molecular formula is C11H14BrNO. The molecule has 76 valence electrons. The Morgan fingerprint density at radius 1 is 1.43 bits per heavy atom. The molecular weight excluding hydrogens is 242 g/mol. The Bertz CT molecular complexity index is 347. The van der Waals surface area contributed by atoms with Crippen LogP contribution < -0.4 is 0 Å². The summed E-state index contributed by atoms with van der Waals surface area (Å²) in [5.41, 5.74) is 1.88. The molecule has 1 aromatic carbocycles. The minimum absolute atomic E-state index is 0.0425. The molecule has 0 unspecified atom stereocenters. The molecule has 0 aromatic heterocycles. The fourth-order valence-corrected chi connectivity index (χ4v) is 1.52. The first-order chi connectivity index (χ1) is 6.52. The number of rotatable bonds is 2. The molecule has 0 aliphatic rings. The van der Waals surface area contributed by atoms with Gasteiger partial charge in [0.15, 0.2) is 0 Å². The number of halogens is 1. The molecule has 2 nitrogen and oxygen atoms in total. The van der Waals surface area contributed by atoms with Crippen LogP contribution in [0.4, 0.5) is 0 Å². The summed E-state index contributed by atoms with van der Waals surface area (Å²) in [5, 5.41) is 7.75. The fraction of sp³-hybridized carbons (Fsp3) is 0.364. The second kappa shape index (κ2) is 4.60. The Labute approximate surface area is 92.9 Å². The van der Waals surface area contributed by atoms with Crippen molar-refractivity contribution in [3.63, 3.8) is 0 Å². The molecule has 0 heterocycles. The first-order valence-electron chi connectivity index (χ1n) is 4.53. The maximum Gasteiger partial charge on any atom is 0.213 e. The van der Waals surface area contributed by atoms with Crippen LogP contribution in [0.25, 0.3) is 0 Å². The highest BCUT2D eigenvalue weighted by atomic mass is 79.9. The van der Waals surface area contributed by atoms with E-state index in [-0.39, 0.29) is 12.0 Å². The Balaban J connectivity index is 2.96. The number of nitrogens with one attached hydrogen (secondary N) is 1. The van der Waals surface area contributed by atoms with Crippen LogP contribution in [0.3, 0.4) is 0 Å². The molecule has 0 saturated carbocycles. The molecule has 3 heteroatoms. The standard InChI is InChI=1S/C11H14BrNO/c1-7(2)14-11(13)9-5-4-6-10(12)8(9)3/h4-7,13H,1-3H3. The van der Waals surface area contributed by atoms with Gasteiger partial charge < -0.3 is 4.74 Å². The molecule has 14 heavy (non-hydrogen) atoms. The third kappa shape index (κ3) is 2.58. The van der Waals surface area contributed by atoms with Crippen LogP contribution in [0.5, 0.6) is 0 Å². The summed E-state index contributed by atoms with van der Waals surface area (Å²) in [4.78, 5) is 0. The number of hydrogen-bond acceptors (Lipinski definition) is 2. The van der Waals surface area contributed by atoms with E-state index in [1.54, 1.807) is 0 Å². The van der Waals surface area contributed by atoms with Gasteiger partial charge >= 0.3 is 0 Å². The Morgan fingerprint density at radius 3 is 2.64 bits per heavy atom. The molecule has 0 spiro atoms. The molecule has 0 aliphatic carbocycles. The topological polar surface area (TPSA) is 33.1 Å². The number of hydrogen-bond donors (Lipinski definition) is 1. The molecule has 0 radical (unpaired) electrons. The summed E-state index contributed by atoms with van der Waals surface area (Å²) >= 11 is 3.43. The predicted molar refractivity (Wildman–Crippen MR) is 61.9 cm³/mol. The summed E-state index contributed by atoms with van der Waals surface area (Å²) < 4.78 is 6.34. The van der Waals surface area contributed by atoms with E-state index in [4.69, 9.17) is 10.1 Å². The van der Waals surface area contributed by atoms with Gasteiger partial charge in [-0.25, -0.2) is 0 Å². The maximum atomic E-state index is 7.75. The largest absolute Gasteiger partial charge is 0.475 e. The van der Waals surface area contributed by atoms with Gasteiger partial charge in [-0.05, 0) is 38.5 Å². The van der Waals surface area contributed by atoms with Crippen LogP contribution in [0.15, 0.2) is 22.7 Å². The molecule has 0 fully saturated rings. The van der Waals surface area contributed by atoms with Crippen molar-refractivity contribution < 1.29 is 4.74 Å². The first-order valence-corrected chi connectivity index (χ1v) is 5.32. The third-order valence-corrected chi connectivity index (χ3v) is 2.72. The van der Waals surface area contributed by atoms with E-state index in [0.29, 0.717) is 0 Å². The Kier molecular flexibility index (Phi) is 3.69. The lowest BCUT2D eigenvalue weighted by molar-refractivity contribution is 0.227. The van der Waals surface area contributed by atoms with Crippen molar-refractivity contribution in [2.24, 2.45) is 0 Å². The van der Waals surface area contributed by atoms with Crippen LogP contribution in [0.1, 0.15) is 25.0 Å². The van der Waals surface area contributed by atoms with Crippen molar-refractivity contribution in [1.82, 2.24) is 0 Å². The third-order valence-electron chi connectivity index (χ3n) is 1.87. The first kappa shape index (κ1) is 11.2. The molecule has 1 N–H and O–H groups in total. The zero-order chi connectivity index (χ0) is 10.7. The van der Waals surface area contributed by atoms with Crippen LogP contribution in [0.2, 0.25) is 0 Å². The highest BCUT2D eigenvalue weighted by Gasteiger charge is 2.09. The Morgan fingerprint density at radius 2 is 2.07 bits per heavy atom. The summed E-state index contributed by atoms with van der Waals surface area (Å²) in [6.07, 6.45) is 0.0425. The molecule has 0 atom stereocenters. The van der Waals surface area contributed by atoms with Crippen molar-refractivity contribution in [2.45, 2.75) is 26.9 Å². The van der Waals surface area contributed by atoms with Gasteiger partial charge in [0.25, 0.3) is 0 Å². The molecule has 1 aromatic rings. The molecule has 0 bridgehead atoms. The minimum Gasteiger partial charge on any atom is -0.475 e. The smallest absolute Gasteiger partial charge is 0.213 e. The maximum absolute atomic E-state index is 7.75. The van der Waals surface area contributed by atoms with Gasteiger partial charge in [-0.2, -0.15) is 0 Å². The molecule has 1 rings (SSSR count). The van der Waals surface area contributed by atoms with E-state index in [1.807, 2.05) is 39.0 Å². The second-order valence-corrected chi connectivity index (χ2v) is 4.26. The second-order valence-electron chi connectivity index (χ2n) is 3.41. The average Bonchev–Trinajstić information content (AvgIpc) is 2.08. The van der Waals surface area contributed by atoms with E-state index in [1.165, 1.54) is 0 Å². The SMILES string of the molecule is Cc1c(Br)cccc1C(=N)OC(C)C. The van der Waals surface area contributed by atoms with Gasteiger partial charge in [0.2, 0.25) is 5.90 Å². The number of ether oxygens (including phenoxy) is 1. The van der Waals surface area contributed by atoms with Gasteiger partial charge in [-0.1, -0.05) is 22.0 Å². The zero-order valence-corrected chi connectivity index (χ0v) is 10.2. The summed E-state index contributed by atoms with van der Waals surface area (Å²) in [7, 11) is 0. The average molecular weight is 256 g/mol. The minimum atomic E-state index is 0.0425. The predicted octanol–water partition coefficient (Wildman–Crippen LogP) is 3.51. The van der Waals surface area contributed by atoms with Gasteiger partial charge in [0.05, 0.1) is 6.10 Å².